The number of nitrogens with zero attached hydrogens (tertiary/aromatic N) is 2. The number of halogens is 1. The lowest BCUT2D eigenvalue weighted by Gasteiger charge is -2.35. The minimum Gasteiger partial charge on any atom is -0.496 e. The predicted molar refractivity (Wildman–Crippen MR) is 138 cm³/mol. The van der Waals surface area contributed by atoms with Crippen molar-refractivity contribution in [3.63, 3.8) is 0 Å². The molecular weight excluding hydrogens is 520 g/mol. The van der Waals surface area contributed by atoms with Crippen molar-refractivity contribution < 1.29 is 18.7 Å². The minimum atomic E-state index is -0.366. The van der Waals surface area contributed by atoms with Gasteiger partial charge in [-0.05, 0) is 66.8 Å². The number of ether oxygens (including phenoxy) is 1. The van der Waals surface area contributed by atoms with Crippen LogP contribution < -0.4 is 20.3 Å². The van der Waals surface area contributed by atoms with Gasteiger partial charge >= 0.3 is 0 Å². The minimum absolute atomic E-state index is 0.0831. The highest BCUT2D eigenvalue weighted by Crippen LogP contribution is 2.23. The first-order chi connectivity index (χ1) is 16.4. The van der Waals surface area contributed by atoms with E-state index in [4.69, 9.17) is 21.4 Å². The van der Waals surface area contributed by atoms with Crippen molar-refractivity contribution in [3.05, 3.63) is 76.7 Å². The summed E-state index contributed by atoms with van der Waals surface area (Å²) in [6, 6.07) is 16.3. The van der Waals surface area contributed by atoms with Crippen LogP contribution in [0, 0.1) is 0 Å². The second kappa shape index (κ2) is 10.7. The smallest absolute Gasteiger partial charge is 0.289 e. The molecule has 2 heterocycles. The van der Waals surface area contributed by atoms with Crippen molar-refractivity contribution in [2.45, 2.75) is 0 Å². The zero-order chi connectivity index (χ0) is 24.1. The molecule has 1 saturated heterocycles. The van der Waals surface area contributed by atoms with Crippen LogP contribution in [0.5, 0.6) is 5.75 Å². The second-order valence-electron chi connectivity index (χ2n) is 7.56. The van der Waals surface area contributed by atoms with Crippen LogP contribution in [0.3, 0.4) is 0 Å². The average molecular weight is 543 g/mol. The maximum absolute atomic E-state index is 12.6. The molecule has 1 fully saturated rings. The molecular formula is C24H23BrN4O4S. The third-order valence-corrected chi connectivity index (χ3v) is 6.12. The van der Waals surface area contributed by atoms with E-state index in [2.05, 4.69) is 31.5 Å². The number of piperazine rings is 1. The first-order valence-corrected chi connectivity index (χ1v) is 11.8. The lowest BCUT2D eigenvalue weighted by molar-refractivity contribution is 0.0714. The molecule has 0 unspecified atom stereocenters. The van der Waals surface area contributed by atoms with Crippen LogP contribution in [0.4, 0.5) is 11.4 Å². The van der Waals surface area contributed by atoms with E-state index >= 15 is 0 Å². The summed E-state index contributed by atoms with van der Waals surface area (Å²) in [6.45, 7) is 2.69. The van der Waals surface area contributed by atoms with E-state index in [0.29, 0.717) is 30.2 Å². The number of hydrogen-bond donors (Lipinski definition) is 2. The van der Waals surface area contributed by atoms with E-state index in [1.165, 1.54) is 13.4 Å². The van der Waals surface area contributed by atoms with Gasteiger partial charge < -0.3 is 24.3 Å². The second-order valence-corrected chi connectivity index (χ2v) is 8.88. The van der Waals surface area contributed by atoms with Crippen molar-refractivity contribution >= 4 is 56.4 Å². The van der Waals surface area contributed by atoms with Crippen molar-refractivity contribution in [2.75, 3.05) is 43.5 Å². The molecule has 2 amide bonds. The molecule has 176 valence electrons. The van der Waals surface area contributed by atoms with Gasteiger partial charge in [-0.15, -0.1) is 0 Å². The van der Waals surface area contributed by atoms with Gasteiger partial charge in [0, 0.05) is 42.0 Å². The number of rotatable bonds is 5. The Morgan fingerprint density at radius 1 is 1.06 bits per heavy atom. The number of amides is 2. The van der Waals surface area contributed by atoms with Crippen LogP contribution in [0.1, 0.15) is 20.9 Å². The lowest BCUT2D eigenvalue weighted by atomic mass is 10.2. The molecule has 2 aromatic carbocycles. The van der Waals surface area contributed by atoms with Gasteiger partial charge in [-0.1, -0.05) is 15.9 Å². The molecule has 0 bridgehead atoms. The monoisotopic (exact) mass is 542 g/mol. The molecule has 0 saturated carbocycles. The van der Waals surface area contributed by atoms with Crippen LogP contribution in [0.2, 0.25) is 0 Å². The third kappa shape index (κ3) is 5.57. The Bertz CT molecular complexity index is 1180. The summed E-state index contributed by atoms with van der Waals surface area (Å²) in [7, 11) is 1.51. The van der Waals surface area contributed by atoms with Gasteiger partial charge in [0.05, 0.1) is 18.9 Å². The number of furan rings is 1. The Kier molecular flexibility index (Phi) is 7.49. The highest BCUT2D eigenvalue weighted by Gasteiger charge is 2.23. The average Bonchev–Trinajstić information content (AvgIpc) is 3.39. The highest BCUT2D eigenvalue weighted by molar-refractivity contribution is 9.10. The summed E-state index contributed by atoms with van der Waals surface area (Å²) in [4.78, 5) is 29.0. The van der Waals surface area contributed by atoms with Gasteiger partial charge in [0.15, 0.2) is 10.9 Å². The van der Waals surface area contributed by atoms with Crippen molar-refractivity contribution in [2.24, 2.45) is 0 Å². The molecule has 2 N–H and O–H groups in total. The van der Waals surface area contributed by atoms with Crippen LogP contribution >= 0.6 is 28.1 Å². The van der Waals surface area contributed by atoms with E-state index in [1.54, 1.807) is 35.2 Å². The molecule has 0 aliphatic carbocycles. The summed E-state index contributed by atoms with van der Waals surface area (Å²) in [5.41, 5.74) is 2.17. The van der Waals surface area contributed by atoms with Gasteiger partial charge in [-0.3, -0.25) is 14.9 Å². The number of carbonyl (C=O) groups is 2. The van der Waals surface area contributed by atoms with Crippen molar-refractivity contribution in [3.8, 4) is 5.75 Å². The fourth-order valence-corrected chi connectivity index (χ4v) is 4.24. The maximum Gasteiger partial charge on any atom is 0.289 e. The van der Waals surface area contributed by atoms with Crippen LogP contribution in [0.25, 0.3) is 0 Å². The molecule has 0 atom stereocenters. The number of hydrogen-bond acceptors (Lipinski definition) is 6. The number of nitrogens with one attached hydrogen (secondary N) is 2. The topological polar surface area (TPSA) is 87.0 Å². The van der Waals surface area contributed by atoms with Gasteiger partial charge in [-0.2, -0.15) is 0 Å². The quantitative estimate of drug-likeness (QED) is 0.468. The zero-order valence-electron chi connectivity index (χ0n) is 18.4. The van der Waals surface area contributed by atoms with Crippen molar-refractivity contribution in [1.82, 2.24) is 10.2 Å². The number of anilines is 2. The molecule has 8 nitrogen and oxygen atoms in total. The Labute approximate surface area is 211 Å². The molecule has 1 aliphatic heterocycles. The van der Waals surface area contributed by atoms with Crippen LogP contribution in [-0.2, 0) is 0 Å². The molecule has 1 aliphatic rings. The molecule has 4 rings (SSSR count). The number of carbonyl (C=O) groups excluding carboxylic acids is 2. The highest BCUT2D eigenvalue weighted by atomic mass is 79.9. The molecule has 34 heavy (non-hydrogen) atoms. The van der Waals surface area contributed by atoms with E-state index in [1.807, 2.05) is 24.3 Å². The SMILES string of the molecule is COc1ccc(Br)cc1C(=O)NC(=S)Nc1ccc(N2CCN(C(=O)c3ccco3)CC2)cc1. The zero-order valence-corrected chi connectivity index (χ0v) is 20.8. The summed E-state index contributed by atoms with van der Waals surface area (Å²) in [6.07, 6.45) is 1.51. The summed E-state index contributed by atoms with van der Waals surface area (Å²) in [5, 5.41) is 5.89. The van der Waals surface area contributed by atoms with Crippen LogP contribution in [0.15, 0.2) is 69.8 Å². The Morgan fingerprint density at radius 2 is 1.79 bits per heavy atom. The summed E-state index contributed by atoms with van der Waals surface area (Å²) < 4.78 is 11.2. The Morgan fingerprint density at radius 3 is 2.44 bits per heavy atom. The van der Waals surface area contributed by atoms with E-state index < -0.39 is 0 Å². The van der Waals surface area contributed by atoms with Crippen LogP contribution in [-0.4, -0.2) is 55.1 Å². The standard InChI is InChI=1S/C24H23BrN4O4S/c1-32-20-9-4-16(25)15-19(20)22(30)27-24(34)26-17-5-7-18(8-6-17)28-10-12-29(13-11-28)23(31)21-3-2-14-33-21/h2-9,14-15H,10-13H2,1H3,(H2,26,27,30,34). The van der Waals surface area contributed by atoms with E-state index in [-0.39, 0.29) is 16.9 Å². The molecule has 3 aromatic rings. The Hall–Kier alpha value is -3.37. The molecule has 1 aromatic heterocycles. The first kappa shape index (κ1) is 23.8. The number of methoxy groups -OCH3 is 1. The van der Waals surface area contributed by atoms with Gasteiger partial charge in [0.1, 0.15) is 5.75 Å². The lowest BCUT2D eigenvalue weighted by Crippen LogP contribution is -2.48. The molecule has 10 heteroatoms. The van der Waals surface area contributed by atoms with Gasteiger partial charge in [-0.25, -0.2) is 0 Å². The van der Waals surface area contributed by atoms with Gasteiger partial charge in [0.25, 0.3) is 11.8 Å². The normalized spacial score (nSPS) is 13.4. The molecule has 0 spiro atoms. The molecule has 0 radical (unpaired) electrons. The Balaban J connectivity index is 1.30. The van der Waals surface area contributed by atoms with E-state index in [0.717, 1.165) is 28.9 Å². The number of benzene rings is 2. The predicted octanol–water partition coefficient (Wildman–Crippen LogP) is 4.14. The van der Waals surface area contributed by atoms with Gasteiger partial charge in [0.2, 0.25) is 0 Å². The fourth-order valence-electron chi connectivity index (χ4n) is 3.67. The van der Waals surface area contributed by atoms with Crippen molar-refractivity contribution in [1.29, 1.82) is 0 Å². The first-order valence-electron chi connectivity index (χ1n) is 10.6. The number of thiocarbonyl (C=S) groups is 1. The summed E-state index contributed by atoms with van der Waals surface area (Å²) >= 11 is 8.66. The fraction of sp³-hybridized carbons (Fsp3) is 0.208. The third-order valence-electron chi connectivity index (χ3n) is 5.42. The van der Waals surface area contributed by atoms with E-state index in [9.17, 15) is 9.59 Å². The summed E-state index contributed by atoms with van der Waals surface area (Å²) in [5.74, 6) is 0.374. The largest absolute Gasteiger partial charge is 0.496 e. The maximum atomic E-state index is 12.6.